The Balaban J connectivity index is 1.53. The number of benzene rings is 1. The fraction of sp³-hybridized carbons (Fsp3) is 0.619. The van der Waals surface area contributed by atoms with Gasteiger partial charge in [-0.05, 0) is 57.7 Å². The van der Waals surface area contributed by atoms with Crippen LogP contribution in [-0.2, 0) is 16.1 Å². The number of nitrogens with one attached hydrogen (secondary N) is 1. The quantitative estimate of drug-likeness (QED) is 0.796. The summed E-state index contributed by atoms with van der Waals surface area (Å²) in [6, 6.07) is 8.11. The lowest BCUT2D eigenvalue weighted by Gasteiger charge is -2.26. The van der Waals surface area contributed by atoms with Crippen molar-refractivity contribution in [1.82, 2.24) is 14.7 Å². The first-order chi connectivity index (χ1) is 13.0. The lowest BCUT2D eigenvalue weighted by Crippen LogP contribution is -2.34. The number of piperidine rings is 1. The zero-order valence-electron chi connectivity index (χ0n) is 16.6. The summed E-state index contributed by atoms with van der Waals surface area (Å²) >= 11 is 0. The molecule has 0 saturated carbocycles. The maximum Gasteiger partial charge on any atom is 0.229 e. The summed E-state index contributed by atoms with van der Waals surface area (Å²) in [7, 11) is 3.98. The topological polar surface area (TPSA) is 55.9 Å². The van der Waals surface area contributed by atoms with E-state index in [1.807, 2.05) is 26.2 Å². The van der Waals surface area contributed by atoms with Crippen molar-refractivity contribution in [2.75, 3.05) is 52.1 Å². The van der Waals surface area contributed by atoms with Gasteiger partial charge >= 0.3 is 0 Å². The van der Waals surface area contributed by atoms with Gasteiger partial charge in [0, 0.05) is 38.3 Å². The van der Waals surface area contributed by atoms with Gasteiger partial charge in [-0.2, -0.15) is 0 Å². The second-order valence-corrected chi connectivity index (χ2v) is 8.07. The van der Waals surface area contributed by atoms with E-state index in [1.165, 1.54) is 24.8 Å². The van der Waals surface area contributed by atoms with E-state index in [1.54, 1.807) is 4.90 Å². The number of amides is 2. The Kier molecular flexibility index (Phi) is 6.85. The van der Waals surface area contributed by atoms with E-state index in [0.717, 1.165) is 31.9 Å². The Morgan fingerprint density at radius 3 is 2.74 bits per heavy atom. The number of hydrogen-bond donors (Lipinski definition) is 1. The molecule has 6 heteroatoms. The van der Waals surface area contributed by atoms with Crippen molar-refractivity contribution >= 4 is 17.5 Å². The minimum atomic E-state index is -0.259. The van der Waals surface area contributed by atoms with Gasteiger partial charge in [0.25, 0.3) is 0 Å². The standard InChI is InChI=1S/C21H32N4O2/c1-23(2)11-12-25-16-18(14-20(25)26)21(27)22-19-8-6-7-17(13-19)15-24-9-4-3-5-10-24/h6-8,13,18H,3-5,9-12,14-16H2,1-2H3,(H,22,27). The Labute approximate surface area is 162 Å². The Morgan fingerprint density at radius 1 is 1.22 bits per heavy atom. The van der Waals surface area contributed by atoms with Gasteiger partial charge in [-0.3, -0.25) is 14.5 Å². The minimum absolute atomic E-state index is 0.0502. The van der Waals surface area contributed by atoms with Crippen molar-refractivity contribution < 1.29 is 9.59 Å². The molecule has 6 nitrogen and oxygen atoms in total. The number of likely N-dealkylation sites (tertiary alicyclic amines) is 2. The molecule has 2 amide bonds. The highest BCUT2D eigenvalue weighted by Crippen LogP contribution is 2.21. The number of carbonyl (C=O) groups is 2. The molecule has 0 aromatic heterocycles. The van der Waals surface area contributed by atoms with Gasteiger partial charge in [0.2, 0.25) is 11.8 Å². The molecule has 0 spiro atoms. The van der Waals surface area contributed by atoms with Gasteiger partial charge < -0.3 is 15.1 Å². The van der Waals surface area contributed by atoms with Crippen molar-refractivity contribution in [2.45, 2.75) is 32.2 Å². The second-order valence-electron chi connectivity index (χ2n) is 8.07. The van der Waals surface area contributed by atoms with Crippen molar-refractivity contribution in [3.05, 3.63) is 29.8 Å². The summed E-state index contributed by atoms with van der Waals surface area (Å²) in [5, 5.41) is 3.02. The van der Waals surface area contributed by atoms with Crippen LogP contribution in [0.5, 0.6) is 0 Å². The number of anilines is 1. The zero-order chi connectivity index (χ0) is 19.2. The smallest absolute Gasteiger partial charge is 0.229 e. The summed E-state index contributed by atoms with van der Waals surface area (Å²) < 4.78 is 0. The van der Waals surface area contributed by atoms with E-state index in [-0.39, 0.29) is 17.7 Å². The summed E-state index contributed by atoms with van der Waals surface area (Å²) in [6.45, 7) is 5.27. The third kappa shape index (κ3) is 5.78. The maximum absolute atomic E-state index is 12.6. The van der Waals surface area contributed by atoms with E-state index in [2.05, 4.69) is 27.2 Å². The molecule has 2 fully saturated rings. The van der Waals surface area contributed by atoms with Crippen molar-refractivity contribution in [2.24, 2.45) is 5.92 Å². The molecule has 0 bridgehead atoms. The van der Waals surface area contributed by atoms with Crippen molar-refractivity contribution in [3.63, 3.8) is 0 Å². The van der Waals surface area contributed by atoms with Crippen LogP contribution in [0.1, 0.15) is 31.2 Å². The minimum Gasteiger partial charge on any atom is -0.341 e. The van der Waals surface area contributed by atoms with Crippen molar-refractivity contribution in [3.8, 4) is 0 Å². The number of rotatable bonds is 7. The van der Waals surface area contributed by atoms with Gasteiger partial charge in [-0.1, -0.05) is 18.6 Å². The van der Waals surface area contributed by atoms with Crippen LogP contribution in [0.3, 0.4) is 0 Å². The molecule has 1 N–H and O–H groups in total. The normalized spacial score (nSPS) is 21.1. The van der Waals surface area contributed by atoms with E-state index in [4.69, 9.17) is 0 Å². The first kappa shape index (κ1) is 19.8. The zero-order valence-corrected chi connectivity index (χ0v) is 16.6. The van der Waals surface area contributed by atoms with E-state index in [9.17, 15) is 9.59 Å². The summed E-state index contributed by atoms with van der Waals surface area (Å²) in [5.41, 5.74) is 2.05. The van der Waals surface area contributed by atoms with Crippen LogP contribution in [0, 0.1) is 5.92 Å². The van der Waals surface area contributed by atoms with E-state index in [0.29, 0.717) is 19.5 Å². The largest absolute Gasteiger partial charge is 0.341 e. The van der Waals surface area contributed by atoms with Gasteiger partial charge in [0.1, 0.15) is 0 Å². The molecule has 2 aliphatic heterocycles. The molecular formula is C21H32N4O2. The number of hydrogen-bond acceptors (Lipinski definition) is 4. The first-order valence-electron chi connectivity index (χ1n) is 10.1. The third-order valence-electron chi connectivity index (χ3n) is 5.45. The van der Waals surface area contributed by atoms with Crippen LogP contribution in [0.2, 0.25) is 0 Å². The van der Waals surface area contributed by atoms with Gasteiger partial charge in [-0.15, -0.1) is 0 Å². The fourth-order valence-corrected chi connectivity index (χ4v) is 3.85. The first-order valence-corrected chi connectivity index (χ1v) is 10.1. The molecule has 0 radical (unpaired) electrons. The predicted molar refractivity (Wildman–Crippen MR) is 107 cm³/mol. The Bertz CT molecular complexity index is 655. The summed E-state index contributed by atoms with van der Waals surface area (Å²) in [6.07, 6.45) is 4.19. The molecule has 2 heterocycles. The maximum atomic E-state index is 12.6. The van der Waals surface area contributed by atoms with Crippen LogP contribution in [-0.4, -0.2) is 73.3 Å². The highest BCUT2D eigenvalue weighted by atomic mass is 16.2. The highest BCUT2D eigenvalue weighted by Gasteiger charge is 2.34. The predicted octanol–water partition coefficient (Wildman–Crippen LogP) is 2.02. The Morgan fingerprint density at radius 2 is 2.00 bits per heavy atom. The molecule has 2 aliphatic rings. The average Bonchev–Trinajstić information content (AvgIpc) is 3.02. The average molecular weight is 373 g/mol. The van der Waals surface area contributed by atoms with E-state index >= 15 is 0 Å². The van der Waals surface area contributed by atoms with Crippen LogP contribution in [0.15, 0.2) is 24.3 Å². The molecule has 1 atom stereocenters. The molecule has 1 unspecified atom stereocenters. The summed E-state index contributed by atoms with van der Waals surface area (Å²) in [4.78, 5) is 31.1. The molecular weight excluding hydrogens is 340 g/mol. The molecule has 3 rings (SSSR count). The van der Waals surface area contributed by atoms with Crippen LogP contribution >= 0.6 is 0 Å². The monoisotopic (exact) mass is 372 g/mol. The summed E-state index contributed by atoms with van der Waals surface area (Å²) in [5.74, 6) is -0.230. The fourth-order valence-electron chi connectivity index (χ4n) is 3.85. The second kappa shape index (κ2) is 9.33. The van der Waals surface area contributed by atoms with Crippen LogP contribution in [0.4, 0.5) is 5.69 Å². The molecule has 1 aromatic rings. The molecule has 0 aliphatic carbocycles. The van der Waals surface area contributed by atoms with Gasteiger partial charge in [0.05, 0.1) is 5.92 Å². The van der Waals surface area contributed by atoms with Gasteiger partial charge in [-0.25, -0.2) is 0 Å². The van der Waals surface area contributed by atoms with Crippen molar-refractivity contribution in [1.29, 1.82) is 0 Å². The number of nitrogens with zero attached hydrogens (tertiary/aromatic N) is 3. The third-order valence-corrected chi connectivity index (χ3v) is 5.45. The van der Waals surface area contributed by atoms with E-state index < -0.39 is 0 Å². The highest BCUT2D eigenvalue weighted by molar-refractivity contribution is 5.97. The lowest BCUT2D eigenvalue weighted by atomic mass is 10.1. The molecule has 148 valence electrons. The number of carbonyl (C=O) groups excluding carboxylic acids is 2. The van der Waals surface area contributed by atoms with Crippen LogP contribution in [0.25, 0.3) is 0 Å². The van der Waals surface area contributed by atoms with Crippen LogP contribution < -0.4 is 5.32 Å². The molecule has 27 heavy (non-hydrogen) atoms. The Hall–Kier alpha value is -1.92. The lowest BCUT2D eigenvalue weighted by molar-refractivity contribution is -0.128. The molecule has 2 saturated heterocycles. The SMILES string of the molecule is CN(C)CCN1CC(C(=O)Nc2cccc(CN3CCCCC3)c2)CC1=O. The number of likely N-dealkylation sites (N-methyl/N-ethyl adjacent to an activating group) is 1. The molecule has 1 aromatic carbocycles. The van der Waals surface area contributed by atoms with Gasteiger partial charge in [0.15, 0.2) is 0 Å².